The number of hydrogen-bond donors (Lipinski definition) is 5. The van der Waals surface area contributed by atoms with Crippen LogP contribution in [0.3, 0.4) is 0 Å². The highest BCUT2D eigenvalue weighted by Gasteiger charge is 2.23. The maximum Gasteiger partial charge on any atom is 0.326 e. The van der Waals surface area contributed by atoms with Crippen LogP contribution in [0.2, 0.25) is 0 Å². The predicted octanol–water partition coefficient (Wildman–Crippen LogP) is -1.39. The summed E-state index contributed by atoms with van der Waals surface area (Å²) in [7, 11) is 0. The quantitative estimate of drug-likeness (QED) is 0.165. The molecule has 1 aliphatic heterocycles. The molecule has 1 fully saturated rings. The van der Waals surface area contributed by atoms with Gasteiger partial charge in [-0.2, -0.15) is 0 Å². The second-order valence-corrected chi connectivity index (χ2v) is 9.24. The zero-order chi connectivity index (χ0) is 27.8. The standard InChI is InChI=1S/C23H41N5O9/c1-2-3-4-5-18(23(36)37)24-19(29)14-25-6-8-26(15-20(30)31)10-12-28(17-22(34)35)13-11-27(9-7-25)16-21(32)33/h18H,2-17H2,1H3,(H,24,29)(H,30,31)(H,32,33)(H,34,35)(H,36,37)/t18-/m1/s1. The van der Waals surface area contributed by atoms with Crippen molar-refractivity contribution in [2.24, 2.45) is 0 Å². The van der Waals surface area contributed by atoms with Gasteiger partial charge in [-0.15, -0.1) is 0 Å². The van der Waals surface area contributed by atoms with Gasteiger partial charge >= 0.3 is 23.9 Å². The first-order chi connectivity index (χ1) is 17.5. The summed E-state index contributed by atoms with van der Waals surface area (Å²) in [4.78, 5) is 64.9. The van der Waals surface area contributed by atoms with Gasteiger partial charge in [-0.25, -0.2) is 4.79 Å². The van der Waals surface area contributed by atoms with E-state index in [2.05, 4.69) is 5.32 Å². The molecule has 0 aromatic rings. The lowest BCUT2D eigenvalue weighted by atomic mass is 10.1. The number of nitrogens with zero attached hydrogens (tertiary/aromatic N) is 4. The van der Waals surface area contributed by atoms with Gasteiger partial charge in [0.05, 0.1) is 26.2 Å². The number of hydrogen-bond acceptors (Lipinski definition) is 9. The molecule has 0 bridgehead atoms. The molecule has 0 radical (unpaired) electrons. The van der Waals surface area contributed by atoms with Gasteiger partial charge in [0.25, 0.3) is 0 Å². The number of carboxylic acids is 4. The smallest absolute Gasteiger partial charge is 0.326 e. The van der Waals surface area contributed by atoms with E-state index in [1.807, 2.05) is 6.92 Å². The molecule has 1 aliphatic rings. The summed E-state index contributed by atoms with van der Waals surface area (Å²) >= 11 is 0. The summed E-state index contributed by atoms with van der Waals surface area (Å²) in [5.41, 5.74) is 0. The van der Waals surface area contributed by atoms with Crippen molar-refractivity contribution in [3.8, 4) is 0 Å². The molecule has 0 saturated carbocycles. The van der Waals surface area contributed by atoms with Crippen molar-refractivity contribution in [3.63, 3.8) is 0 Å². The molecule has 1 saturated heterocycles. The number of nitrogens with one attached hydrogen (secondary N) is 1. The summed E-state index contributed by atoms with van der Waals surface area (Å²) in [5, 5.41) is 39.8. The monoisotopic (exact) mass is 531 g/mol. The summed E-state index contributed by atoms with van der Waals surface area (Å²) in [6, 6.07) is -1.00. The van der Waals surface area contributed by atoms with E-state index in [4.69, 9.17) is 0 Å². The van der Waals surface area contributed by atoms with E-state index in [-0.39, 0.29) is 78.5 Å². The molecule has 1 heterocycles. The maximum absolute atomic E-state index is 12.7. The van der Waals surface area contributed by atoms with Crippen molar-refractivity contribution in [1.29, 1.82) is 0 Å². The van der Waals surface area contributed by atoms with Crippen molar-refractivity contribution in [2.75, 3.05) is 78.5 Å². The Morgan fingerprint density at radius 1 is 0.622 bits per heavy atom. The van der Waals surface area contributed by atoms with Crippen LogP contribution in [0.25, 0.3) is 0 Å². The number of carbonyl (C=O) groups excluding carboxylic acids is 1. The van der Waals surface area contributed by atoms with Crippen molar-refractivity contribution >= 4 is 29.8 Å². The van der Waals surface area contributed by atoms with Crippen LogP contribution >= 0.6 is 0 Å². The minimum Gasteiger partial charge on any atom is -0.480 e. The fourth-order valence-corrected chi connectivity index (χ4v) is 4.08. The van der Waals surface area contributed by atoms with Gasteiger partial charge in [0.15, 0.2) is 0 Å². The van der Waals surface area contributed by atoms with Gasteiger partial charge in [0.1, 0.15) is 6.04 Å². The Morgan fingerprint density at radius 2 is 0.973 bits per heavy atom. The van der Waals surface area contributed by atoms with E-state index >= 15 is 0 Å². The van der Waals surface area contributed by atoms with Crippen LogP contribution in [0, 0.1) is 0 Å². The summed E-state index contributed by atoms with van der Waals surface area (Å²) in [6.45, 7) is 3.33. The zero-order valence-electron chi connectivity index (χ0n) is 21.5. The molecule has 37 heavy (non-hydrogen) atoms. The molecule has 0 aromatic heterocycles. The second-order valence-electron chi connectivity index (χ2n) is 9.24. The first-order valence-electron chi connectivity index (χ1n) is 12.6. The van der Waals surface area contributed by atoms with Crippen LogP contribution in [0.1, 0.15) is 32.6 Å². The van der Waals surface area contributed by atoms with Crippen LogP contribution < -0.4 is 5.32 Å². The molecule has 1 amide bonds. The Labute approximate surface area is 216 Å². The third-order valence-corrected chi connectivity index (χ3v) is 6.10. The summed E-state index contributed by atoms with van der Waals surface area (Å²) in [6.07, 6.45) is 2.77. The lowest BCUT2D eigenvalue weighted by molar-refractivity contribution is -0.142. The maximum atomic E-state index is 12.7. The molecule has 1 atom stereocenters. The van der Waals surface area contributed by atoms with Gasteiger partial charge in [-0.05, 0) is 6.42 Å². The zero-order valence-corrected chi connectivity index (χ0v) is 21.5. The van der Waals surface area contributed by atoms with E-state index < -0.39 is 35.8 Å². The molecule has 5 N–H and O–H groups in total. The number of unbranched alkanes of at least 4 members (excludes halogenated alkanes) is 2. The molecule has 0 aliphatic carbocycles. The second kappa shape index (κ2) is 17.6. The lowest BCUT2D eigenvalue weighted by Gasteiger charge is -2.33. The molecule has 1 rings (SSSR count). The van der Waals surface area contributed by atoms with Crippen LogP contribution in [0.4, 0.5) is 0 Å². The van der Waals surface area contributed by atoms with Gasteiger partial charge in [0.2, 0.25) is 5.91 Å². The summed E-state index contributed by atoms with van der Waals surface area (Å²) in [5.74, 6) is -4.69. The van der Waals surface area contributed by atoms with E-state index in [0.29, 0.717) is 12.8 Å². The fraction of sp³-hybridized carbons (Fsp3) is 0.783. The number of rotatable bonds is 14. The largest absolute Gasteiger partial charge is 0.480 e. The van der Waals surface area contributed by atoms with Crippen molar-refractivity contribution in [1.82, 2.24) is 24.9 Å². The van der Waals surface area contributed by atoms with E-state index in [1.165, 1.54) is 0 Å². The number of carbonyl (C=O) groups is 5. The molecular weight excluding hydrogens is 490 g/mol. The Morgan fingerprint density at radius 3 is 1.27 bits per heavy atom. The molecular formula is C23H41N5O9. The highest BCUT2D eigenvalue weighted by molar-refractivity contribution is 5.84. The Balaban J connectivity index is 2.96. The van der Waals surface area contributed by atoms with Crippen LogP contribution in [-0.2, 0) is 24.0 Å². The van der Waals surface area contributed by atoms with Gasteiger partial charge in [-0.1, -0.05) is 26.2 Å². The highest BCUT2D eigenvalue weighted by atomic mass is 16.4. The fourth-order valence-electron chi connectivity index (χ4n) is 4.08. The summed E-state index contributed by atoms with van der Waals surface area (Å²) < 4.78 is 0. The van der Waals surface area contributed by atoms with Crippen LogP contribution in [0.15, 0.2) is 0 Å². The van der Waals surface area contributed by atoms with Crippen molar-refractivity contribution in [2.45, 2.75) is 38.6 Å². The first kappa shape index (κ1) is 32.2. The third kappa shape index (κ3) is 15.1. The van der Waals surface area contributed by atoms with Crippen molar-refractivity contribution in [3.05, 3.63) is 0 Å². The van der Waals surface area contributed by atoms with Crippen molar-refractivity contribution < 1.29 is 44.4 Å². The minimum absolute atomic E-state index is 0.121. The minimum atomic E-state index is -1.11. The molecule has 14 heteroatoms. The molecule has 14 nitrogen and oxygen atoms in total. The van der Waals surface area contributed by atoms with Gasteiger partial charge in [0, 0.05) is 52.4 Å². The first-order valence-corrected chi connectivity index (χ1v) is 12.6. The lowest BCUT2D eigenvalue weighted by Crippen LogP contribution is -2.51. The van der Waals surface area contributed by atoms with Crippen LogP contribution in [-0.4, -0.2) is 154 Å². The number of carboxylic acid groups (broad SMARTS) is 4. The third-order valence-electron chi connectivity index (χ3n) is 6.10. The van der Waals surface area contributed by atoms with E-state index in [9.17, 15) is 44.4 Å². The van der Waals surface area contributed by atoms with E-state index in [0.717, 1.165) is 12.8 Å². The Hall–Kier alpha value is -2.81. The average molecular weight is 532 g/mol. The normalized spacial score (nSPS) is 18.3. The average Bonchev–Trinajstić information content (AvgIpc) is 2.79. The molecule has 0 aromatic carbocycles. The van der Waals surface area contributed by atoms with Crippen LogP contribution in [0.5, 0.6) is 0 Å². The van der Waals surface area contributed by atoms with E-state index in [1.54, 1.807) is 19.6 Å². The number of amides is 1. The number of aliphatic carboxylic acids is 4. The SMILES string of the molecule is CCCCC[C@@H](NC(=O)CN1CCN(CC(=O)O)CCN(CC(=O)O)CCN(CC(=O)O)CC1)C(=O)O. The van der Waals surface area contributed by atoms with Gasteiger partial charge < -0.3 is 25.7 Å². The molecule has 0 spiro atoms. The molecule has 212 valence electrons. The Kier molecular flexibility index (Phi) is 15.3. The highest BCUT2D eigenvalue weighted by Crippen LogP contribution is 2.05. The van der Waals surface area contributed by atoms with Gasteiger partial charge in [-0.3, -0.25) is 38.8 Å². The molecule has 0 unspecified atom stereocenters. The topological polar surface area (TPSA) is 191 Å². The Bertz CT molecular complexity index is 735. The predicted molar refractivity (Wildman–Crippen MR) is 132 cm³/mol.